The molecule has 2 nitrogen and oxygen atoms in total. The van der Waals surface area contributed by atoms with E-state index in [1.807, 2.05) is 13.8 Å². The molecule has 1 aliphatic heterocycles. The SMILES string of the molecule is CC1(C)CNc2c(F)cc(F)cc2N1. The van der Waals surface area contributed by atoms with Gasteiger partial charge in [-0.3, -0.25) is 0 Å². The first-order chi connectivity index (χ1) is 6.48. The van der Waals surface area contributed by atoms with Gasteiger partial charge in [-0.25, -0.2) is 8.78 Å². The zero-order valence-corrected chi connectivity index (χ0v) is 8.12. The molecule has 0 fully saturated rings. The van der Waals surface area contributed by atoms with E-state index >= 15 is 0 Å². The van der Waals surface area contributed by atoms with Crippen LogP contribution in [0.25, 0.3) is 0 Å². The summed E-state index contributed by atoms with van der Waals surface area (Å²) in [6, 6.07) is 2.18. The number of fused-ring (bicyclic) bond motifs is 1. The van der Waals surface area contributed by atoms with Crippen LogP contribution < -0.4 is 10.6 Å². The van der Waals surface area contributed by atoms with Crippen LogP contribution in [0.15, 0.2) is 12.1 Å². The van der Waals surface area contributed by atoms with Gasteiger partial charge in [0.25, 0.3) is 0 Å². The summed E-state index contributed by atoms with van der Waals surface area (Å²) in [5.41, 5.74) is 0.650. The molecular weight excluding hydrogens is 186 g/mol. The molecule has 0 amide bonds. The summed E-state index contributed by atoms with van der Waals surface area (Å²) in [4.78, 5) is 0. The monoisotopic (exact) mass is 198 g/mol. The smallest absolute Gasteiger partial charge is 0.151 e. The normalized spacial score (nSPS) is 18.0. The molecule has 0 aliphatic carbocycles. The zero-order chi connectivity index (χ0) is 10.3. The first-order valence-electron chi connectivity index (χ1n) is 4.49. The number of halogens is 2. The molecule has 1 aromatic rings. The number of hydrogen-bond donors (Lipinski definition) is 2. The Bertz CT molecular complexity index is 375. The number of benzene rings is 1. The molecule has 1 aliphatic rings. The third kappa shape index (κ3) is 1.52. The van der Waals surface area contributed by atoms with Crippen LogP contribution in [-0.2, 0) is 0 Å². The van der Waals surface area contributed by atoms with Crippen molar-refractivity contribution >= 4 is 11.4 Å². The van der Waals surface area contributed by atoms with Gasteiger partial charge >= 0.3 is 0 Å². The number of rotatable bonds is 0. The van der Waals surface area contributed by atoms with E-state index in [0.29, 0.717) is 17.9 Å². The Morgan fingerprint density at radius 1 is 1.29 bits per heavy atom. The molecule has 2 N–H and O–H groups in total. The minimum atomic E-state index is -0.562. The van der Waals surface area contributed by atoms with E-state index in [9.17, 15) is 8.78 Å². The molecule has 14 heavy (non-hydrogen) atoms. The van der Waals surface area contributed by atoms with Crippen molar-refractivity contribution < 1.29 is 8.78 Å². The van der Waals surface area contributed by atoms with E-state index in [2.05, 4.69) is 10.6 Å². The fourth-order valence-corrected chi connectivity index (χ4v) is 1.57. The number of anilines is 2. The lowest BCUT2D eigenvalue weighted by molar-refractivity contribution is 0.558. The average molecular weight is 198 g/mol. The summed E-state index contributed by atoms with van der Waals surface area (Å²) in [7, 11) is 0. The van der Waals surface area contributed by atoms with Crippen LogP contribution in [0.4, 0.5) is 20.2 Å². The van der Waals surface area contributed by atoms with Crippen LogP contribution in [0.1, 0.15) is 13.8 Å². The van der Waals surface area contributed by atoms with Gasteiger partial charge in [-0.05, 0) is 19.9 Å². The molecule has 0 saturated carbocycles. The van der Waals surface area contributed by atoms with Gasteiger partial charge in [-0.1, -0.05) is 0 Å². The molecule has 1 aromatic carbocycles. The topological polar surface area (TPSA) is 24.1 Å². The second-order valence-corrected chi connectivity index (χ2v) is 4.17. The zero-order valence-electron chi connectivity index (χ0n) is 8.12. The Balaban J connectivity index is 2.47. The van der Waals surface area contributed by atoms with Crippen LogP contribution in [0.3, 0.4) is 0 Å². The van der Waals surface area contributed by atoms with E-state index in [4.69, 9.17) is 0 Å². The summed E-state index contributed by atoms with van der Waals surface area (Å²) >= 11 is 0. The fourth-order valence-electron chi connectivity index (χ4n) is 1.57. The molecule has 0 bridgehead atoms. The molecule has 1 heterocycles. The minimum Gasteiger partial charge on any atom is -0.379 e. The van der Waals surface area contributed by atoms with Crippen molar-refractivity contribution in [2.75, 3.05) is 17.2 Å². The molecule has 0 saturated heterocycles. The van der Waals surface area contributed by atoms with Gasteiger partial charge in [0, 0.05) is 18.2 Å². The lowest BCUT2D eigenvalue weighted by Gasteiger charge is -2.34. The van der Waals surface area contributed by atoms with Crippen LogP contribution in [0.5, 0.6) is 0 Å². The first kappa shape index (κ1) is 9.24. The Labute approximate surface area is 81.3 Å². The van der Waals surface area contributed by atoms with Crippen LogP contribution in [0.2, 0.25) is 0 Å². The van der Waals surface area contributed by atoms with E-state index in [-0.39, 0.29) is 5.54 Å². The number of nitrogens with one attached hydrogen (secondary N) is 2. The largest absolute Gasteiger partial charge is 0.379 e. The van der Waals surface area contributed by atoms with Gasteiger partial charge < -0.3 is 10.6 Å². The van der Waals surface area contributed by atoms with Crippen molar-refractivity contribution in [3.8, 4) is 0 Å². The predicted octanol–water partition coefficient (Wildman–Crippen LogP) is 2.58. The third-order valence-corrected chi connectivity index (χ3v) is 2.24. The average Bonchev–Trinajstić information content (AvgIpc) is 2.00. The van der Waals surface area contributed by atoms with E-state index in [1.54, 1.807) is 0 Å². The highest BCUT2D eigenvalue weighted by molar-refractivity contribution is 5.72. The van der Waals surface area contributed by atoms with E-state index < -0.39 is 11.6 Å². The van der Waals surface area contributed by atoms with Crippen molar-refractivity contribution in [1.29, 1.82) is 0 Å². The highest BCUT2D eigenvalue weighted by Gasteiger charge is 2.26. The molecule has 0 spiro atoms. The van der Waals surface area contributed by atoms with Crippen molar-refractivity contribution in [2.45, 2.75) is 19.4 Å². The quantitative estimate of drug-likeness (QED) is 0.669. The predicted molar refractivity (Wildman–Crippen MR) is 52.5 cm³/mol. The lowest BCUT2D eigenvalue weighted by atomic mass is 10.0. The molecule has 76 valence electrons. The van der Waals surface area contributed by atoms with Crippen molar-refractivity contribution in [1.82, 2.24) is 0 Å². The van der Waals surface area contributed by atoms with E-state index in [0.717, 1.165) is 6.07 Å². The van der Waals surface area contributed by atoms with Gasteiger partial charge in [0.15, 0.2) is 5.82 Å². The maximum absolute atomic E-state index is 13.2. The second kappa shape index (κ2) is 2.83. The van der Waals surface area contributed by atoms with Gasteiger partial charge in [-0.15, -0.1) is 0 Å². The van der Waals surface area contributed by atoms with Crippen LogP contribution >= 0.6 is 0 Å². The first-order valence-corrected chi connectivity index (χ1v) is 4.49. The maximum atomic E-state index is 13.2. The minimum absolute atomic E-state index is 0.187. The van der Waals surface area contributed by atoms with Crippen molar-refractivity contribution in [2.24, 2.45) is 0 Å². The highest BCUT2D eigenvalue weighted by Crippen LogP contribution is 2.32. The molecule has 0 aromatic heterocycles. The summed E-state index contributed by atoms with van der Waals surface area (Å²) in [5.74, 6) is -1.11. The van der Waals surface area contributed by atoms with Crippen LogP contribution in [-0.4, -0.2) is 12.1 Å². The fraction of sp³-hybridized carbons (Fsp3) is 0.400. The summed E-state index contributed by atoms with van der Waals surface area (Å²) in [5, 5.41) is 6.02. The maximum Gasteiger partial charge on any atom is 0.151 e. The van der Waals surface area contributed by atoms with Gasteiger partial charge in [0.2, 0.25) is 0 Å². The Morgan fingerprint density at radius 2 is 2.00 bits per heavy atom. The molecule has 0 radical (unpaired) electrons. The Kier molecular flexibility index (Phi) is 1.87. The molecule has 0 atom stereocenters. The van der Waals surface area contributed by atoms with Crippen molar-refractivity contribution in [3.63, 3.8) is 0 Å². The standard InChI is InChI=1S/C10H12F2N2/c1-10(2)5-13-9-7(12)3-6(11)4-8(9)14-10/h3-4,13-14H,5H2,1-2H3. The second-order valence-electron chi connectivity index (χ2n) is 4.17. The van der Waals surface area contributed by atoms with Crippen LogP contribution in [0, 0.1) is 11.6 Å². The third-order valence-electron chi connectivity index (χ3n) is 2.24. The number of hydrogen-bond acceptors (Lipinski definition) is 2. The van der Waals surface area contributed by atoms with Gasteiger partial charge in [0.05, 0.1) is 11.4 Å². The van der Waals surface area contributed by atoms with Gasteiger partial charge in [-0.2, -0.15) is 0 Å². The summed E-state index contributed by atoms with van der Waals surface area (Å²) in [6.45, 7) is 4.54. The lowest BCUT2D eigenvalue weighted by Crippen LogP contribution is -2.42. The molecule has 4 heteroatoms. The Morgan fingerprint density at radius 3 is 2.71 bits per heavy atom. The highest BCUT2D eigenvalue weighted by atomic mass is 19.1. The molecule has 0 unspecified atom stereocenters. The summed E-state index contributed by atoms with van der Waals surface area (Å²) < 4.78 is 26.1. The molecular formula is C10H12F2N2. The Hall–Kier alpha value is -1.32. The van der Waals surface area contributed by atoms with Crippen molar-refractivity contribution in [3.05, 3.63) is 23.8 Å². The molecule has 2 rings (SSSR count). The summed E-state index contributed by atoms with van der Waals surface area (Å²) in [6.07, 6.45) is 0. The van der Waals surface area contributed by atoms with E-state index in [1.165, 1.54) is 6.07 Å². The van der Waals surface area contributed by atoms with Gasteiger partial charge in [0.1, 0.15) is 5.82 Å².